The number of aromatic amines is 1. The lowest BCUT2D eigenvalue weighted by Crippen LogP contribution is -2.40. The minimum Gasteiger partial charge on any atom is -0.329 e. The highest BCUT2D eigenvalue weighted by molar-refractivity contribution is 7.19. The van der Waals surface area contributed by atoms with Crippen LogP contribution in [0.1, 0.15) is 67.8 Å². The molecule has 0 bridgehead atoms. The van der Waals surface area contributed by atoms with Gasteiger partial charge in [0, 0.05) is 29.8 Å². The fraction of sp³-hybridized carbons (Fsp3) is 0.522. The first-order chi connectivity index (χ1) is 16.6. The molecule has 3 N–H and O–H groups in total. The van der Waals surface area contributed by atoms with E-state index in [-0.39, 0.29) is 11.9 Å². The Labute approximate surface area is 206 Å². The van der Waals surface area contributed by atoms with Gasteiger partial charge in [0.15, 0.2) is 10.9 Å². The van der Waals surface area contributed by atoms with Crippen molar-refractivity contribution >= 4 is 51.6 Å². The van der Waals surface area contributed by atoms with Gasteiger partial charge in [-0.05, 0) is 44.9 Å². The molecule has 6 rings (SSSR count). The highest BCUT2D eigenvalue weighted by Gasteiger charge is 2.34. The van der Waals surface area contributed by atoms with Gasteiger partial charge < -0.3 is 15.5 Å². The summed E-state index contributed by atoms with van der Waals surface area (Å²) in [5.74, 6) is 2.67. The number of fused-ring (bicyclic) bond motifs is 1. The fourth-order valence-electron chi connectivity index (χ4n) is 5.40. The first-order valence-electron chi connectivity index (χ1n) is 12.0. The summed E-state index contributed by atoms with van der Waals surface area (Å²) in [4.78, 5) is 29.0. The molecule has 0 spiro atoms. The third-order valence-corrected chi connectivity index (χ3v) is 8.11. The SMILES string of the molecule is O=C(Nc1ncc(Cl)s1)[C@@H]1CCCN1c1nc2c(c(Nc3cc(C4CCCC4)[nH]n3)n1)CCC2. The van der Waals surface area contributed by atoms with Crippen LogP contribution in [0.4, 0.5) is 22.7 Å². The molecule has 2 fully saturated rings. The van der Waals surface area contributed by atoms with E-state index in [1.807, 2.05) is 4.90 Å². The van der Waals surface area contributed by atoms with Crippen LogP contribution in [0.5, 0.6) is 0 Å². The molecule has 0 radical (unpaired) electrons. The monoisotopic (exact) mass is 498 g/mol. The van der Waals surface area contributed by atoms with Crippen molar-refractivity contribution in [1.29, 1.82) is 0 Å². The standard InChI is InChI=1S/C23H27ClN8OS/c24-18-12-25-23(34-18)29-21(33)17-9-4-10-32(17)22-26-15-8-3-7-14(15)20(28-22)27-19-11-16(30-31-19)13-5-1-2-6-13/h11-13,17H,1-10H2,(H,25,29,33)(H2,26,27,28,30,31)/t17-/m0/s1. The van der Waals surface area contributed by atoms with E-state index in [4.69, 9.17) is 21.6 Å². The van der Waals surface area contributed by atoms with Crippen molar-refractivity contribution in [3.05, 3.63) is 33.6 Å². The Morgan fingerprint density at radius 2 is 2.03 bits per heavy atom. The first-order valence-corrected chi connectivity index (χ1v) is 13.2. The Hall–Kier alpha value is -2.72. The molecule has 1 aliphatic heterocycles. The fourth-order valence-corrected chi connectivity index (χ4v) is 6.21. The van der Waals surface area contributed by atoms with Gasteiger partial charge in [-0.3, -0.25) is 9.89 Å². The second kappa shape index (κ2) is 9.14. The van der Waals surface area contributed by atoms with Crippen molar-refractivity contribution in [2.24, 2.45) is 0 Å². The van der Waals surface area contributed by atoms with Crippen molar-refractivity contribution in [2.75, 3.05) is 22.1 Å². The van der Waals surface area contributed by atoms with Gasteiger partial charge in [-0.15, -0.1) is 0 Å². The molecule has 1 saturated carbocycles. The van der Waals surface area contributed by atoms with Crippen LogP contribution in [0.15, 0.2) is 12.3 Å². The summed E-state index contributed by atoms with van der Waals surface area (Å²) in [5.41, 5.74) is 3.42. The Bertz CT molecular complexity index is 1200. The van der Waals surface area contributed by atoms with E-state index >= 15 is 0 Å². The molecule has 11 heteroatoms. The molecule has 1 atom stereocenters. The van der Waals surface area contributed by atoms with Gasteiger partial charge in [0.1, 0.15) is 16.2 Å². The van der Waals surface area contributed by atoms with E-state index < -0.39 is 0 Å². The smallest absolute Gasteiger partial charge is 0.248 e. The lowest BCUT2D eigenvalue weighted by Gasteiger charge is -2.24. The maximum Gasteiger partial charge on any atom is 0.248 e. The Morgan fingerprint density at radius 3 is 2.85 bits per heavy atom. The molecule has 0 unspecified atom stereocenters. The van der Waals surface area contributed by atoms with E-state index in [9.17, 15) is 4.79 Å². The van der Waals surface area contributed by atoms with Crippen LogP contribution in [-0.4, -0.2) is 43.6 Å². The third kappa shape index (κ3) is 4.24. The molecule has 1 amide bonds. The number of rotatable bonds is 6. The van der Waals surface area contributed by atoms with E-state index in [1.165, 1.54) is 42.7 Å². The predicted octanol–water partition coefficient (Wildman–Crippen LogP) is 4.81. The maximum atomic E-state index is 13.0. The number of anilines is 4. The van der Waals surface area contributed by atoms with Gasteiger partial charge >= 0.3 is 0 Å². The first kappa shape index (κ1) is 21.8. The summed E-state index contributed by atoms with van der Waals surface area (Å²) in [6.45, 7) is 0.739. The van der Waals surface area contributed by atoms with Gasteiger partial charge in [-0.25, -0.2) is 9.97 Å². The van der Waals surface area contributed by atoms with Gasteiger partial charge in [0.2, 0.25) is 11.9 Å². The maximum absolute atomic E-state index is 13.0. The quantitative estimate of drug-likeness (QED) is 0.447. The molecule has 178 valence electrons. The number of H-pyrrole nitrogens is 1. The van der Waals surface area contributed by atoms with Crippen LogP contribution in [0.3, 0.4) is 0 Å². The van der Waals surface area contributed by atoms with Gasteiger partial charge in [-0.1, -0.05) is 35.8 Å². The molecule has 4 heterocycles. The molecule has 1 saturated heterocycles. The molecule has 3 aromatic heterocycles. The van der Waals surface area contributed by atoms with Crippen molar-refractivity contribution in [1.82, 2.24) is 25.1 Å². The summed E-state index contributed by atoms with van der Waals surface area (Å²) in [5, 5.41) is 14.6. The van der Waals surface area contributed by atoms with E-state index in [0.717, 1.165) is 61.5 Å². The van der Waals surface area contributed by atoms with Crippen LogP contribution in [-0.2, 0) is 17.6 Å². The molecule has 34 heavy (non-hydrogen) atoms. The topological polar surface area (TPSA) is 112 Å². The van der Waals surface area contributed by atoms with E-state index in [1.54, 1.807) is 6.20 Å². The largest absolute Gasteiger partial charge is 0.329 e. The molecule has 9 nitrogen and oxygen atoms in total. The minimum absolute atomic E-state index is 0.101. The second-order valence-corrected chi connectivity index (χ2v) is 10.9. The summed E-state index contributed by atoms with van der Waals surface area (Å²) >= 11 is 7.22. The molecule has 2 aliphatic carbocycles. The van der Waals surface area contributed by atoms with Crippen LogP contribution >= 0.6 is 22.9 Å². The van der Waals surface area contributed by atoms with Crippen LogP contribution in [0.25, 0.3) is 0 Å². The number of nitrogens with one attached hydrogen (secondary N) is 3. The molecular formula is C23H27ClN8OS. The van der Waals surface area contributed by atoms with Crippen molar-refractivity contribution in [3.8, 4) is 0 Å². The average Bonchev–Trinajstić information content (AvgIpc) is 3.64. The number of nitrogens with zero attached hydrogens (tertiary/aromatic N) is 5. The number of carbonyl (C=O) groups is 1. The number of halogens is 1. The molecule has 0 aromatic carbocycles. The zero-order valence-electron chi connectivity index (χ0n) is 18.8. The summed E-state index contributed by atoms with van der Waals surface area (Å²) in [6, 6.07) is 1.78. The van der Waals surface area contributed by atoms with Crippen molar-refractivity contribution < 1.29 is 4.79 Å². The zero-order chi connectivity index (χ0) is 23.1. The summed E-state index contributed by atoms with van der Waals surface area (Å²) in [7, 11) is 0. The Balaban J connectivity index is 1.25. The second-order valence-electron chi connectivity index (χ2n) is 9.28. The number of hydrogen-bond acceptors (Lipinski definition) is 8. The Morgan fingerprint density at radius 1 is 1.15 bits per heavy atom. The number of carbonyl (C=O) groups excluding carboxylic acids is 1. The lowest BCUT2D eigenvalue weighted by molar-refractivity contribution is -0.117. The predicted molar refractivity (Wildman–Crippen MR) is 133 cm³/mol. The molecule has 3 aliphatic rings. The van der Waals surface area contributed by atoms with Gasteiger partial charge in [-0.2, -0.15) is 10.1 Å². The van der Waals surface area contributed by atoms with Crippen LogP contribution in [0.2, 0.25) is 4.34 Å². The highest BCUT2D eigenvalue weighted by Crippen LogP contribution is 2.36. The summed E-state index contributed by atoms with van der Waals surface area (Å²) < 4.78 is 0.547. The van der Waals surface area contributed by atoms with Gasteiger partial charge in [0.05, 0.1) is 11.9 Å². The van der Waals surface area contributed by atoms with Crippen molar-refractivity contribution in [2.45, 2.75) is 69.7 Å². The number of thiazole rings is 1. The Kier molecular flexibility index (Phi) is 5.86. The molecular weight excluding hydrogens is 472 g/mol. The number of amides is 1. The van der Waals surface area contributed by atoms with E-state index in [0.29, 0.717) is 21.3 Å². The highest BCUT2D eigenvalue weighted by atomic mass is 35.5. The third-order valence-electron chi connectivity index (χ3n) is 7.08. The minimum atomic E-state index is -0.339. The zero-order valence-corrected chi connectivity index (χ0v) is 20.4. The normalized spacial score (nSPS) is 20.1. The average molecular weight is 499 g/mol. The van der Waals surface area contributed by atoms with E-state index in [2.05, 4.69) is 31.9 Å². The number of aryl methyl sites for hydroxylation is 1. The van der Waals surface area contributed by atoms with Crippen molar-refractivity contribution in [3.63, 3.8) is 0 Å². The number of hydrogen-bond donors (Lipinski definition) is 3. The molecule has 3 aromatic rings. The van der Waals surface area contributed by atoms with Crippen LogP contribution in [0, 0.1) is 0 Å². The van der Waals surface area contributed by atoms with Gasteiger partial charge in [0.25, 0.3) is 0 Å². The number of aromatic nitrogens is 5. The van der Waals surface area contributed by atoms with Crippen LogP contribution < -0.4 is 15.5 Å². The summed E-state index contributed by atoms with van der Waals surface area (Å²) in [6.07, 6.45) is 11.2. The lowest BCUT2D eigenvalue weighted by atomic mass is 10.0.